The van der Waals surface area contributed by atoms with Crippen LogP contribution in [-0.4, -0.2) is 37.7 Å². The standard InChI is InChI=1S/C10H21NO/c1-10(2,3)8-11-6-5-9(11)7-12-4/h9H,5-8H2,1-4H3/t9-/m0/s1. The van der Waals surface area contributed by atoms with Crippen molar-refractivity contribution in [3.8, 4) is 0 Å². The van der Waals surface area contributed by atoms with Crippen molar-refractivity contribution in [3.63, 3.8) is 0 Å². The third-order valence-corrected chi connectivity index (χ3v) is 2.30. The van der Waals surface area contributed by atoms with E-state index >= 15 is 0 Å². The summed E-state index contributed by atoms with van der Waals surface area (Å²) in [4.78, 5) is 2.52. The van der Waals surface area contributed by atoms with E-state index in [0.717, 1.165) is 6.61 Å². The largest absolute Gasteiger partial charge is 0.383 e. The molecule has 1 atom stereocenters. The minimum atomic E-state index is 0.423. The van der Waals surface area contributed by atoms with E-state index in [9.17, 15) is 0 Å². The van der Waals surface area contributed by atoms with Gasteiger partial charge in [0.15, 0.2) is 0 Å². The lowest BCUT2D eigenvalue weighted by Crippen LogP contribution is -2.52. The third kappa shape index (κ3) is 2.76. The Bertz CT molecular complexity index is 139. The highest BCUT2D eigenvalue weighted by atomic mass is 16.5. The van der Waals surface area contributed by atoms with Crippen molar-refractivity contribution in [1.82, 2.24) is 4.90 Å². The normalized spacial score (nSPS) is 25.5. The zero-order valence-electron chi connectivity index (χ0n) is 8.76. The van der Waals surface area contributed by atoms with Crippen molar-refractivity contribution in [2.45, 2.75) is 33.2 Å². The van der Waals surface area contributed by atoms with Crippen LogP contribution in [0.25, 0.3) is 0 Å². The molecule has 1 rings (SSSR count). The number of methoxy groups -OCH3 is 1. The van der Waals surface area contributed by atoms with Gasteiger partial charge in [-0.2, -0.15) is 0 Å². The molecule has 0 N–H and O–H groups in total. The van der Waals surface area contributed by atoms with E-state index in [1.54, 1.807) is 7.11 Å². The average Bonchev–Trinajstić information content (AvgIpc) is 1.92. The average molecular weight is 171 g/mol. The number of likely N-dealkylation sites (tertiary alicyclic amines) is 1. The molecule has 0 aromatic carbocycles. The van der Waals surface area contributed by atoms with Gasteiger partial charge in [0, 0.05) is 26.2 Å². The Morgan fingerprint density at radius 3 is 2.42 bits per heavy atom. The highest BCUT2D eigenvalue weighted by Gasteiger charge is 2.30. The lowest BCUT2D eigenvalue weighted by atomic mass is 9.92. The molecule has 1 saturated heterocycles. The molecule has 0 aromatic rings. The number of ether oxygens (including phenoxy) is 1. The van der Waals surface area contributed by atoms with Gasteiger partial charge < -0.3 is 4.74 Å². The van der Waals surface area contributed by atoms with Gasteiger partial charge in [-0.05, 0) is 11.8 Å². The lowest BCUT2D eigenvalue weighted by Gasteiger charge is -2.43. The Hall–Kier alpha value is -0.0800. The van der Waals surface area contributed by atoms with Gasteiger partial charge in [0.05, 0.1) is 6.61 Å². The topological polar surface area (TPSA) is 12.5 Å². The van der Waals surface area contributed by atoms with Crippen LogP contribution in [0, 0.1) is 5.41 Å². The van der Waals surface area contributed by atoms with Crippen LogP contribution in [0.2, 0.25) is 0 Å². The summed E-state index contributed by atoms with van der Waals surface area (Å²) >= 11 is 0. The Morgan fingerprint density at radius 1 is 1.42 bits per heavy atom. The van der Waals surface area contributed by atoms with E-state index in [2.05, 4.69) is 25.7 Å². The second kappa shape index (κ2) is 3.75. The van der Waals surface area contributed by atoms with Gasteiger partial charge in [0.2, 0.25) is 0 Å². The molecule has 1 aliphatic rings. The second-order valence-corrected chi connectivity index (χ2v) is 4.93. The Balaban J connectivity index is 2.25. The molecule has 12 heavy (non-hydrogen) atoms. The molecular weight excluding hydrogens is 150 g/mol. The number of hydrogen-bond acceptors (Lipinski definition) is 2. The van der Waals surface area contributed by atoms with Crippen LogP contribution in [0.1, 0.15) is 27.2 Å². The second-order valence-electron chi connectivity index (χ2n) is 4.93. The Kier molecular flexibility index (Phi) is 3.13. The van der Waals surface area contributed by atoms with Crippen molar-refractivity contribution >= 4 is 0 Å². The molecule has 0 amide bonds. The maximum atomic E-state index is 5.15. The zero-order valence-corrected chi connectivity index (χ0v) is 8.76. The fourth-order valence-electron chi connectivity index (χ4n) is 1.69. The molecule has 0 aromatic heterocycles. The predicted molar refractivity (Wildman–Crippen MR) is 51.3 cm³/mol. The highest BCUT2D eigenvalue weighted by Crippen LogP contribution is 2.24. The van der Waals surface area contributed by atoms with Crippen LogP contribution in [0.4, 0.5) is 0 Å². The molecule has 0 spiro atoms. The van der Waals surface area contributed by atoms with Gasteiger partial charge in [0.25, 0.3) is 0 Å². The number of rotatable bonds is 3. The van der Waals surface area contributed by atoms with Crippen LogP contribution < -0.4 is 0 Å². The summed E-state index contributed by atoms with van der Waals surface area (Å²) < 4.78 is 5.15. The van der Waals surface area contributed by atoms with Crippen molar-refractivity contribution in [2.75, 3.05) is 26.8 Å². The first-order chi connectivity index (χ1) is 5.53. The van der Waals surface area contributed by atoms with Gasteiger partial charge in [-0.25, -0.2) is 0 Å². The molecule has 0 radical (unpaired) electrons. The molecule has 2 nitrogen and oxygen atoms in total. The van der Waals surface area contributed by atoms with Crippen LogP contribution in [-0.2, 0) is 4.74 Å². The van der Waals surface area contributed by atoms with Gasteiger partial charge in [0.1, 0.15) is 0 Å². The van der Waals surface area contributed by atoms with E-state index in [1.165, 1.54) is 19.5 Å². The van der Waals surface area contributed by atoms with Gasteiger partial charge in [-0.15, -0.1) is 0 Å². The summed E-state index contributed by atoms with van der Waals surface area (Å²) in [6.07, 6.45) is 1.31. The van der Waals surface area contributed by atoms with Gasteiger partial charge in [-0.1, -0.05) is 20.8 Å². The summed E-state index contributed by atoms with van der Waals surface area (Å²) in [5.41, 5.74) is 0.423. The van der Waals surface area contributed by atoms with E-state index in [4.69, 9.17) is 4.74 Å². The van der Waals surface area contributed by atoms with E-state index < -0.39 is 0 Å². The van der Waals surface area contributed by atoms with Crippen molar-refractivity contribution < 1.29 is 4.74 Å². The van der Waals surface area contributed by atoms with Crippen molar-refractivity contribution in [2.24, 2.45) is 5.41 Å². The lowest BCUT2D eigenvalue weighted by molar-refractivity contribution is 0.00297. The van der Waals surface area contributed by atoms with Crippen molar-refractivity contribution in [3.05, 3.63) is 0 Å². The molecule has 0 aliphatic carbocycles. The van der Waals surface area contributed by atoms with Crippen LogP contribution in [0.5, 0.6) is 0 Å². The molecule has 2 heteroatoms. The van der Waals surface area contributed by atoms with E-state index in [-0.39, 0.29) is 0 Å². The fourth-order valence-corrected chi connectivity index (χ4v) is 1.69. The van der Waals surface area contributed by atoms with Crippen LogP contribution in [0.15, 0.2) is 0 Å². The third-order valence-electron chi connectivity index (χ3n) is 2.30. The minimum Gasteiger partial charge on any atom is -0.383 e. The molecule has 72 valence electrons. The van der Waals surface area contributed by atoms with Crippen LogP contribution in [0.3, 0.4) is 0 Å². The minimum absolute atomic E-state index is 0.423. The molecule has 1 heterocycles. The summed E-state index contributed by atoms with van der Waals surface area (Å²) in [6, 6.07) is 0.689. The van der Waals surface area contributed by atoms with Gasteiger partial charge in [-0.3, -0.25) is 4.90 Å². The number of hydrogen-bond donors (Lipinski definition) is 0. The number of nitrogens with zero attached hydrogens (tertiary/aromatic N) is 1. The monoisotopic (exact) mass is 171 g/mol. The summed E-state index contributed by atoms with van der Waals surface area (Å²) in [7, 11) is 1.79. The maximum absolute atomic E-state index is 5.15. The Morgan fingerprint density at radius 2 is 2.08 bits per heavy atom. The first kappa shape index (κ1) is 10.0. The van der Waals surface area contributed by atoms with Crippen molar-refractivity contribution in [1.29, 1.82) is 0 Å². The molecular formula is C10H21NO. The fraction of sp³-hybridized carbons (Fsp3) is 1.00. The highest BCUT2D eigenvalue weighted by molar-refractivity contribution is 4.85. The summed E-state index contributed by atoms with van der Waals surface area (Å²) in [5.74, 6) is 0. The quantitative estimate of drug-likeness (QED) is 0.641. The molecule has 1 aliphatic heterocycles. The molecule has 0 saturated carbocycles. The molecule has 1 fully saturated rings. The first-order valence-electron chi connectivity index (χ1n) is 4.76. The maximum Gasteiger partial charge on any atom is 0.0618 e. The summed E-state index contributed by atoms with van der Waals surface area (Å²) in [6.45, 7) is 10.2. The zero-order chi connectivity index (χ0) is 9.19. The summed E-state index contributed by atoms with van der Waals surface area (Å²) in [5, 5.41) is 0. The van der Waals surface area contributed by atoms with Gasteiger partial charge >= 0.3 is 0 Å². The SMILES string of the molecule is COC[C@@H]1CCN1CC(C)(C)C. The molecule has 0 bridgehead atoms. The van der Waals surface area contributed by atoms with E-state index in [1.807, 2.05) is 0 Å². The molecule has 0 unspecified atom stereocenters. The smallest absolute Gasteiger partial charge is 0.0618 e. The first-order valence-corrected chi connectivity index (χ1v) is 4.76. The Labute approximate surface area is 75.9 Å². The predicted octanol–water partition coefficient (Wildman–Crippen LogP) is 1.75. The van der Waals surface area contributed by atoms with E-state index in [0.29, 0.717) is 11.5 Å². The van der Waals surface area contributed by atoms with Crippen LogP contribution >= 0.6 is 0 Å².